The van der Waals surface area contributed by atoms with Crippen LogP contribution in [0.4, 0.5) is 5.69 Å². The fourth-order valence-electron chi connectivity index (χ4n) is 3.31. The lowest BCUT2D eigenvalue weighted by atomic mass is 10.0. The van der Waals surface area contributed by atoms with Crippen molar-refractivity contribution < 1.29 is 4.79 Å². The Morgan fingerprint density at radius 2 is 1.90 bits per heavy atom. The number of aryl methyl sites for hydroxylation is 1. The second-order valence-electron chi connectivity index (χ2n) is 5.97. The predicted octanol–water partition coefficient (Wildman–Crippen LogP) is 1.34. The van der Waals surface area contributed by atoms with Crippen LogP contribution >= 0.6 is 0 Å². The molecule has 0 saturated carbocycles. The van der Waals surface area contributed by atoms with Crippen molar-refractivity contribution >= 4 is 11.6 Å². The molecule has 1 aromatic rings. The number of likely N-dealkylation sites (tertiary alicyclic amines) is 1. The standard InChI is InChI=1S/C16H23N3O/c1-2-12-3-5-15(6-4-12)18-16(20)11-19-9-13-7-17-8-14(13)10-19/h3-6,13-14,17H,2,7-11H2,1H3,(H,18,20). The van der Waals surface area contributed by atoms with E-state index in [2.05, 4.69) is 34.6 Å². The van der Waals surface area contributed by atoms with Gasteiger partial charge in [0.1, 0.15) is 0 Å². The van der Waals surface area contributed by atoms with Gasteiger partial charge in [-0.15, -0.1) is 0 Å². The van der Waals surface area contributed by atoms with Gasteiger partial charge in [-0.2, -0.15) is 0 Å². The van der Waals surface area contributed by atoms with Gasteiger partial charge in [-0.25, -0.2) is 0 Å². The number of amides is 1. The van der Waals surface area contributed by atoms with Crippen LogP contribution in [0.2, 0.25) is 0 Å². The molecule has 0 bridgehead atoms. The van der Waals surface area contributed by atoms with E-state index in [-0.39, 0.29) is 5.91 Å². The molecule has 2 aliphatic heterocycles. The van der Waals surface area contributed by atoms with Gasteiger partial charge in [0.05, 0.1) is 6.54 Å². The van der Waals surface area contributed by atoms with Crippen molar-refractivity contribution in [1.29, 1.82) is 0 Å². The molecule has 4 nitrogen and oxygen atoms in total. The van der Waals surface area contributed by atoms with E-state index in [9.17, 15) is 4.79 Å². The van der Waals surface area contributed by atoms with Gasteiger partial charge in [-0.1, -0.05) is 19.1 Å². The van der Waals surface area contributed by atoms with E-state index in [0.717, 1.165) is 50.1 Å². The normalized spacial score (nSPS) is 25.6. The van der Waals surface area contributed by atoms with Crippen LogP contribution in [0.5, 0.6) is 0 Å². The van der Waals surface area contributed by atoms with Crippen LogP contribution in [0.3, 0.4) is 0 Å². The van der Waals surface area contributed by atoms with E-state index in [1.807, 2.05) is 12.1 Å². The molecular weight excluding hydrogens is 250 g/mol. The summed E-state index contributed by atoms with van der Waals surface area (Å²) in [6, 6.07) is 8.11. The maximum Gasteiger partial charge on any atom is 0.238 e. The maximum absolute atomic E-state index is 12.1. The lowest BCUT2D eigenvalue weighted by molar-refractivity contribution is -0.117. The quantitative estimate of drug-likeness (QED) is 0.870. The third kappa shape index (κ3) is 3.02. The van der Waals surface area contributed by atoms with Crippen LogP contribution in [0.1, 0.15) is 12.5 Å². The van der Waals surface area contributed by atoms with Crippen LogP contribution in [0, 0.1) is 11.8 Å². The number of carbonyl (C=O) groups excluding carboxylic acids is 1. The first-order valence-corrected chi connectivity index (χ1v) is 7.56. The molecule has 2 atom stereocenters. The largest absolute Gasteiger partial charge is 0.325 e. The molecule has 4 heteroatoms. The number of nitrogens with zero attached hydrogens (tertiary/aromatic N) is 1. The van der Waals surface area contributed by atoms with Crippen molar-refractivity contribution in [2.45, 2.75) is 13.3 Å². The number of nitrogens with one attached hydrogen (secondary N) is 2. The molecule has 2 unspecified atom stereocenters. The third-order valence-electron chi connectivity index (χ3n) is 4.48. The van der Waals surface area contributed by atoms with Gasteiger partial charge in [0.25, 0.3) is 0 Å². The molecule has 2 aliphatic rings. The zero-order valence-corrected chi connectivity index (χ0v) is 12.1. The molecule has 2 saturated heterocycles. The average molecular weight is 273 g/mol. The second kappa shape index (κ2) is 5.94. The Bertz CT molecular complexity index is 459. The third-order valence-corrected chi connectivity index (χ3v) is 4.48. The number of hydrogen-bond donors (Lipinski definition) is 2. The van der Waals surface area contributed by atoms with Gasteiger partial charge < -0.3 is 10.6 Å². The summed E-state index contributed by atoms with van der Waals surface area (Å²) in [6.07, 6.45) is 1.03. The molecule has 3 rings (SSSR count). The first-order chi connectivity index (χ1) is 9.74. The van der Waals surface area contributed by atoms with Gasteiger partial charge in [0, 0.05) is 18.8 Å². The molecule has 2 fully saturated rings. The molecule has 0 aliphatic carbocycles. The monoisotopic (exact) mass is 273 g/mol. The van der Waals surface area contributed by atoms with Gasteiger partial charge >= 0.3 is 0 Å². The molecule has 0 spiro atoms. The zero-order chi connectivity index (χ0) is 13.9. The summed E-state index contributed by atoms with van der Waals surface area (Å²) in [5, 5.41) is 6.41. The molecule has 108 valence electrons. The Hall–Kier alpha value is -1.39. The van der Waals surface area contributed by atoms with Gasteiger partial charge in [0.15, 0.2) is 0 Å². The van der Waals surface area contributed by atoms with Crippen molar-refractivity contribution in [2.75, 3.05) is 38.0 Å². The summed E-state index contributed by atoms with van der Waals surface area (Å²) in [5.41, 5.74) is 2.19. The molecule has 2 N–H and O–H groups in total. The molecule has 1 aromatic carbocycles. The summed E-state index contributed by atoms with van der Waals surface area (Å²) in [4.78, 5) is 14.4. The highest BCUT2D eigenvalue weighted by atomic mass is 16.2. The molecular formula is C16H23N3O. The fraction of sp³-hybridized carbons (Fsp3) is 0.562. The Balaban J connectivity index is 1.49. The van der Waals surface area contributed by atoms with E-state index in [1.165, 1.54) is 5.56 Å². The average Bonchev–Trinajstić information content (AvgIpc) is 3.00. The zero-order valence-electron chi connectivity index (χ0n) is 12.1. The lowest BCUT2D eigenvalue weighted by Gasteiger charge is -2.16. The smallest absolute Gasteiger partial charge is 0.238 e. The molecule has 20 heavy (non-hydrogen) atoms. The summed E-state index contributed by atoms with van der Waals surface area (Å²) in [6.45, 7) is 6.98. The first kappa shape index (κ1) is 13.6. The topological polar surface area (TPSA) is 44.4 Å². The predicted molar refractivity (Wildman–Crippen MR) is 80.7 cm³/mol. The maximum atomic E-state index is 12.1. The Kier molecular flexibility index (Phi) is 4.03. The van der Waals surface area contributed by atoms with Crippen molar-refractivity contribution in [1.82, 2.24) is 10.2 Å². The summed E-state index contributed by atoms with van der Waals surface area (Å²) >= 11 is 0. The van der Waals surface area contributed by atoms with Gasteiger partial charge in [-0.05, 0) is 49.0 Å². The van der Waals surface area contributed by atoms with Crippen LogP contribution < -0.4 is 10.6 Å². The van der Waals surface area contributed by atoms with E-state index >= 15 is 0 Å². The number of benzene rings is 1. The molecule has 0 radical (unpaired) electrons. The van der Waals surface area contributed by atoms with E-state index in [1.54, 1.807) is 0 Å². The Labute approximate surface area is 120 Å². The van der Waals surface area contributed by atoms with Gasteiger partial charge in [-0.3, -0.25) is 9.69 Å². The number of carbonyl (C=O) groups is 1. The molecule has 0 aromatic heterocycles. The number of rotatable bonds is 4. The SMILES string of the molecule is CCc1ccc(NC(=O)CN2CC3CNCC3C2)cc1. The lowest BCUT2D eigenvalue weighted by Crippen LogP contribution is -2.33. The van der Waals surface area contributed by atoms with E-state index in [0.29, 0.717) is 6.54 Å². The summed E-state index contributed by atoms with van der Waals surface area (Å²) < 4.78 is 0. The van der Waals surface area contributed by atoms with Crippen LogP contribution in [0.25, 0.3) is 0 Å². The van der Waals surface area contributed by atoms with Crippen molar-refractivity contribution in [2.24, 2.45) is 11.8 Å². The number of hydrogen-bond acceptors (Lipinski definition) is 3. The van der Waals surface area contributed by atoms with E-state index < -0.39 is 0 Å². The van der Waals surface area contributed by atoms with E-state index in [4.69, 9.17) is 0 Å². The fourth-order valence-corrected chi connectivity index (χ4v) is 3.31. The minimum atomic E-state index is 0.0992. The van der Waals surface area contributed by atoms with Crippen LogP contribution in [0.15, 0.2) is 24.3 Å². The Morgan fingerprint density at radius 3 is 2.50 bits per heavy atom. The number of anilines is 1. The van der Waals surface area contributed by atoms with Crippen LogP contribution in [-0.4, -0.2) is 43.5 Å². The highest BCUT2D eigenvalue weighted by Gasteiger charge is 2.36. The van der Waals surface area contributed by atoms with Crippen molar-refractivity contribution in [3.05, 3.63) is 29.8 Å². The molecule has 1 amide bonds. The minimum absolute atomic E-state index is 0.0992. The summed E-state index contributed by atoms with van der Waals surface area (Å²) in [5.74, 6) is 1.58. The number of fused-ring (bicyclic) bond motifs is 1. The Morgan fingerprint density at radius 1 is 1.25 bits per heavy atom. The van der Waals surface area contributed by atoms with Crippen molar-refractivity contribution in [3.8, 4) is 0 Å². The molecule has 2 heterocycles. The van der Waals surface area contributed by atoms with Gasteiger partial charge in [0.2, 0.25) is 5.91 Å². The highest BCUT2D eigenvalue weighted by Crippen LogP contribution is 2.25. The highest BCUT2D eigenvalue weighted by molar-refractivity contribution is 5.92. The van der Waals surface area contributed by atoms with Crippen LogP contribution in [-0.2, 0) is 11.2 Å². The first-order valence-electron chi connectivity index (χ1n) is 7.56. The minimum Gasteiger partial charge on any atom is -0.325 e. The summed E-state index contributed by atoms with van der Waals surface area (Å²) in [7, 11) is 0. The van der Waals surface area contributed by atoms with Crippen molar-refractivity contribution in [3.63, 3.8) is 0 Å². The second-order valence-corrected chi connectivity index (χ2v) is 5.97.